The van der Waals surface area contributed by atoms with Crippen LogP contribution in [0, 0.1) is 13.8 Å². The molecule has 5 rings (SSSR count). The molecule has 0 spiro atoms. The van der Waals surface area contributed by atoms with Crippen LogP contribution in [0.15, 0.2) is 59.4 Å². The van der Waals surface area contributed by atoms with Gasteiger partial charge in [-0.25, -0.2) is 4.79 Å². The Kier molecular flexibility index (Phi) is 6.37. The van der Waals surface area contributed by atoms with E-state index in [1.165, 1.54) is 42.3 Å². The molecule has 0 radical (unpaired) electrons. The molecule has 1 atom stereocenters. The van der Waals surface area contributed by atoms with Gasteiger partial charge in [0.2, 0.25) is 0 Å². The maximum absolute atomic E-state index is 15.0. The molecule has 0 saturated carbocycles. The number of hydrogen-bond donors (Lipinski definition) is 1. The van der Waals surface area contributed by atoms with Gasteiger partial charge in [-0.2, -0.15) is 13.2 Å². The first-order chi connectivity index (χ1) is 18.5. The molecule has 0 aliphatic heterocycles. The van der Waals surface area contributed by atoms with Crippen molar-refractivity contribution in [3.8, 4) is 28.0 Å². The first kappa shape index (κ1) is 26.0. The highest BCUT2D eigenvalue weighted by Gasteiger charge is 2.42. The summed E-state index contributed by atoms with van der Waals surface area (Å²) < 4.78 is 56.9. The molecule has 1 aromatic carbocycles. The summed E-state index contributed by atoms with van der Waals surface area (Å²) in [6.45, 7) is 5.09. The monoisotopic (exact) mass is 536 g/mol. The highest BCUT2D eigenvalue weighted by Crippen LogP contribution is 2.48. The average Bonchev–Trinajstić information content (AvgIpc) is 3.44. The van der Waals surface area contributed by atoms with Crippen molar-refractivity contribution in [1.82, 2.24) is 19.7 Å². The lowest BCUT2D eigenvalue weighted by Gasteiger charge is -2.21. The lowest BCUT2D eigenvalue weighted by Crippen LogP contribution is -2.19. The number of carboxylic acid groups (broad SMARTS) is 1. The van der Waals surface area contributed by atoms with Crippen molar-refractivity contribution in [3.05, 3.63) is 83.3 Å². The highest BCUT2D eigenvalue weighted by molar-refractivity contribution is 6.00. The maximum atomic E-state index is 15.0. The van der Waals surface area contributed by atoms with Crippen LogP contribution in [0.1, 0.15) is 46.2 Å². The average molecular weight is 537 g/mol. The van der Waals surface area contributed by atoms with Gasteiger partial charge in [-0.3, -0.25) is 9.97 Å². The van der Waals surface area contributed by atoms with Crippen LogP contribution in [0.25, 0.3) is 33.3 Å². The van der Waals surface area contributed by atoms with Crippen LogP contribution >= 0.6 is 0 Å². The first-order valence-electron chi connectivity index (χ1n) is 11.9. The lowest BCUT2D eigenvalue weighted by molar-refractivity contribution is -0.143. The van der Waals surface area contributed by atoms with Crippen LogP contribution in [0.5, 0.6) is 5.75 Å². The molecule has 0 fully saturated rings. The van der Waals surface area contributed by atoms with Crippen LogP contribution < -0.4 is 4.74 Å². The van der Waals surface area contributed by atoms with Crippen LogP contribution in [-0.2, 0) is 6.18 Å². The zero-order valence-corrected chi connectivity index (χ0v) is 21.4. The van der Waals surface area contributed by atoms with Gasteiger partial charge in [-0.05, 0) is 57.2 Å². The van der Waals surface area contributed by atoms with Crippen LogP contribution in [0.3, 0.4) is 0 Å². The van der Waals surface area contributed by atoms with E-state index in [1.54, 1.807) is 45.0 Å². The molecule has 0 aliphatic rings. The molecule has 8 nitrogen and oxygen atoms in total. The summed E-state index contributed by atoms with van der Waals surface area (Å²) in [7, 11) is 1.27. The Hall–Kier alpha value is -4.67. The van der Waals surface area contributed by atoms with Gasteiger partial charge >= 0.3 is 12.1 Å². The molecule has 4 aromatic heterocycles. The van der Waals surface area contributed by atoms with Gasteiger partial charge in [-0.15, -0.1) is 0 Å². The second-order valence-corrected chi connectivity index (χ2v) is 9.03. The predicted octanol–water partition coefficient (Wildman–Crippen LogP) is 6.71. The summed E-state index contributed by atoms with van der Waals surface area (Å²) in [6, 6.07) is 9.59. The Morgan fingerprint density at radius 1 is 1.10 bits per heavy atom. The fraction of sp³-hybridized carbons (Fsp3) is 0.214. The summed E-state index contributed by atoms with van der Waals surface area (Å²) in [5.74, 6) is -0.752. The molecule has 1 N–H and O–H groups in total. The van der Waals surface area contributed by atoms with Crippen molar-refractivity contribution in [2.24, 2.45) is 0 Å². The second kappa shape index (κ2) is 9.57. The quantitative estimate of drug-likeness (QED) is 0.257. The Morgan fingerprint density at radius 2 is 1.87 bits per heavy atom. The number of aryl methyl sites for hydroxylation is 2. The van der Waals surface area contributed by atoms with Gasteiger partial charge in [-0.1, -0.05) is 11.2 Å². The van der Waals surface area contributed by atoms with Crippen molar-refractivity contribution in [1.29, 1.82) is 0 Å². The van der Waals surface area contributed by atoms with Gasteiger partial charge in [0.1, 0.15) is 17.2 Å². The fourth-order valence-corrected chi connectivity index (χ4v) is 4.94. The molecule has 200 valence electrons. The number of halogens is 3. The van der Waals surface area contributed by atoms with Gasteiger partial charge in [0, 0.05) is 34.6 Å². The number of rotatable bonds is 6. The van der Waals surface area contributed by atoms with Crippen molar-refractivity contribution in [2.45, 2.75) is 33.0 Å². The van der Waals surface area contributed by atoms with E-state index in [2.05, 4.69) is 15.1 Å². The van der Waals surface area contributed by atoms with Crippen LogP contribution in [0.4, 0.5) is 13.2 Å². The van der Waals surface area contributed by atoms with E-state index < -0.39 is 23.9 Å². The number of fused-ring (bicyclic) bond motifs is 1. The third-order valence-corrected chi connectivity index (χ3v) is 6.65. The van der Waals surface area contributed by atoms with Crippen molar-refractivity contribution in [2.75, 3.05) is 7.11 Å². The number of alkyl halides is 3. The Morgan fingerprint density at radius 3 is 2.46 bits per heavy atom. The van der Waals surface area contributed by atoms with Crippen molar-refractivity contribution < 1.29 is 32.3 Å². The summed E-state index contributed by atoms with van der Waals surface area (Å²) in [6.07, 6.45) is -1.82. The number of aromatic nitrogens is 4. The fourth-order valence-electron chi connectivity index (χ4n) is 4.94. The summed E-state index contributed by atoms with van der Waals surface area (Å²) >= 11 is 0. The Labute approximate surface area is 220 Å². The number of benzene rings is 1. The molecule has 0 aliphatic carbocycles. The molecule has 0 saturated heterocycles. The van der Waals surface area contributed by atoms with E-state index >= 15 is 13.2 Å². The van der Waals surface area contributed by atoms with Gasteiger partial charge in [0.25, 0.3) is 0 Å². The third-order valence-electron chi connectivity index (χ3n) is 6.65. The third kappa shape index (κ3) is 4.39. The van der Waals surface area contributed by atoms with E-state index in [0.717, 1.165) is 0 Å². The molecule has 39 heavy (non-hydrogen) atoms. The minimum absolute atomic E-state index is 0.0264. The van der Waals surface area contributed by atoms with Gasteiger partial charge in [0.05, 0.1) is 41.1 Å². The van der Waals surface area contributed by atoms with E-state index in [-0.39, 0.29) is 33.5 Å². The van der Waals surface area contributed by atoms with Crippen LogP contribution in [0.2, 0.25) is 0 Å². The zero-order valence-electron chi connectivity index (χ0n) is 21.4. The number of carbonyl (C=O) groups is 1. The van der Waals surface area contributed by atoms with E-state index in [9.17, 15) is 9.90 Å². The molecule has 5 aromatic rings. The molecule has 1 unspecified atom stereocenters. The minimum atomic E-state index is -4.82. The summed E-state index contributed by atoms with van der Waals surface area (Å²) in [4.78, 5) is 20.4. The molecular formula is C28H23F3N4O4. The van der Waals surface area contributed by atoms with Crippen molar-refractivity contribution >= 4 is 17.0 Å². The topological polar surface area (TPSA) is 103 Å². The van der Waals surface area contributed by atoms with Crippen LogP contribution in [-0.4, -0.2) is 37.9 Å². The maximum Gasteiger partial charge on any atom is 0.432 e. The number of hydrogen-bond acceptors (Lipinski definition) is 6. The second-order valence-electron chi connectivity index (χ2n) is 9.03. The van der Waals surface area contributed by atoms with E-state index in [4.69, 9.17) is 9.26 Å². The highest BCUT2D eigenvalue weighted by atomic mass is 19.4. The normalized spacial score (nSPS) is 12.6. The van der Waals surface area contributed by atoms with Crippen molar-refractivity contribution in [3.63, 3.8) is 0 Å². The number of nitrogens with zero attached hydrogens (tertiary/aromatic N) is 4. The van der Waals surface area contributed by atoms with Gasteiger partial charge < -0.3 is 18.9 Å². The Balaban J connectivity index is 1.92. The minimum Gasteiger partial charge on any atom is -0.496 e. The molecule has 4 heterocycles. The number of carboxylic acids is 1. The largest absolute Gasteiger partial charge is 0.496 e. The van der Waals surface area contributed by atoms with Gasteiger partial charge in [0.15, 0.2) is 0 Å². The lowest BCUT2D eigenvalue weighted by atomic mass is 10.00. The molecule has 11 heteroatoms. The number of pyridine rings is 2. The van der Waals surface area contributed by atoms with E-state index in [1.807, 2.05) is 0 Å². The molecular weight excluding hydrogens is 513 g/mol. The first-order valence-corrected chi connectivity index (χ1v) is 11.9. The summed E-state index contributed by atoms with van der Waals surface area (Å²) in [5.41, 5.74) is 1.21. The van der Waals surface area contributed by atoms with E-state index in [0.29, 0.717) is 28.3 Å². The Bertz CT molecular complexity index is 1690. The standard InChI is InChI=1S/C28H23F3N4O4/c1-14-23(16(3)39-34-14)18-11-21-25(33-13-18)24(19-9-8-17(27(36)37)12-22(19)38-4)26(28(29,30)31)35(21)15(2)20-7-5-6-10-32-20/h5-13,15H,1-4H3,(H,36,37). The number of methoxy groups -OCH3 is 1. The number of aromatic carboxylic acids is 1. The molecule has 0 bridgehead atoms. The smallest absolute Gasteiger partial charge is 0.432 e. The summed E-state index contributed by atoms with van der Waals surface area (Å²) in [5, 5.41) is 13.4. The predicted molar refractivity (Wildman–Crippen MR) is 137 cm³/mol. The zero-order chi connectivity index (χ0) is 28.1. The molecule has 0 amide bonds. The SMILES string of the molecule is COc1cc(C(=O)O)ccc1-c1c(C(F)(F)F)n(C(C)c2ccccn2)c2cc(-c3c(C)noc3C)cnc12. The number of ether oxygens (including phenoxy) is 1.